The molecule has 0 amide bonds. The Balaban J connectivity index is 1.60. The molecule has 5 heteroatoms. The summed E-state index contributed by atoms with van der Waals surface area (Å²) >= 11 is 0. The summed E-state index contributed by atoms with van der Waals surface area (Å²) in [5, 5.41) is 0. The van der Waals surface area contributed by atoms with Crippen LogP contribution in [0.3, 0.4) is 0 Å². The number of rotatable bonds is 22. The molecule has 0 bridgehead atoms. The van der Waals surface area contributed by atoms with Gasteiger partial charge in [0.1, 0.15) is 18.5 Å². The van der Waals surface area contributed by atoms with Crippen LogP contribution in [0.4, 0.5) is 0 Å². The summed E-state index contributed by atoms with van der Waals surface area (Å²) in [6.07, 6.45) is 24.4. The predicted molar refractivity (Wildman–Crippen MR) is 168 cm³/mol. The van der Waals surface area contributed by atoms with E-state index < -0.39 is 0 Å². The van der Waals surface area contributed by atoms with E-state index in [0.29, 0.717) is 25.6 Å². The van der Waals surface area contributed by atoms with Gasteiger partial charge in [-0.3, -0.25) is 4.79 Å². The molecule has 0 spiro atoms. The molecule has 1 aliphatic carbocycles. The smallest absolute Gasteiger partial charge is 0.330 e. The van der Waals surface area contributed by atoms with Crippen LogP contribution in [-0.2, 0) is 25.5 Å². The topological polar surface area (TPSA) is 61.8 Å². The van der Waals surface area contributed by atoms with E-state index in [2.05, 4.69) is 19.1 Å². The van der Waals surface area contributed by atoms with Crippen LogP contribution in [0.2, 0.25) is 0 Å². The van der Waals surface area contributed by atoms with Crippen molar-refractivity contribution in [2.24, 2.45) is 5.92 Å². The highest BCUT2D eigenvalue weighted by molar-refractivity contribution is 5.82. The number of carbonyl (C=O) groups is 2. The van der Waals surface area contributed by atoms with Crippen LogP contribution in [0.5, 0.6) is 5.75 Å². The van der Waals surface area contributed by atoms with Crippen LogP contribution in [0, 0.1) is 5.92 Å². The van der Waals surface area contributed by atoms with Gasteiger partial charge in [0, 0.05) is 12.5 Å². The minimum absolute atomic E-state index is 0.0139. The third-order valence-electron chi connectivity index (χ3n) is 8.15. The Morgan fingerprint density at radius 2 is 1.39 bits per heavy atom. The van der Waals surface area contributed by atoms with Gasteiger partial charge in [-0.1, -0.05) is 103 Å². The van der Waals surface area contributed by atoms with Gasteiger partial charge in [-0.25, -0.2) is 4.79 Å². The molecule has 5 nitrogen and oxygen atoms in total. The Morgan fingerprint density at radius 1 is 0.805 bits per heavy atom. The first-order chi connectivity index (χ1) is 20.0. The molecule has 2 atom stereocenters. The summed E-state index contributed by atoms with van der Waals surface area (Å²) in [6, 6.07) is 8.15. The summed E-state index contributed by atoms with van der Waals surface area (Å²) in [5.41, 5.74) is 2.05. The van der Waals surface area contributed by atoms with Crippen molar-refractivity contribution in [1.29, 1.82) is 0 Å². The van der Waals surface area contributed by atoms with Gasteiger partial charge in [0.05, 0.1) is 6.61 Å². The highest BCUT2D eigenvalue weighted by Gasteiger charge is 2.28. The number of hydrogen-bond donors (Lipinski definition) is 0. The first-order valence-electron chi connectivity index (χ1n) is 16.8. The lowest BCUT2D eigenvalue weighted by molar-refractivity contribution is -0.153. The number of carbonyl (C=O) groups excluding carboxylic acids is 2. The van der Waals surface area contributed by atoms with E-state index in [-0.39, 0.29) is 18.0 Å². The van der Waals surface area contributed by atoms with Gasteiger partial charge < -0.3 is 14.2 Å². The van der Waals surface area contributed by atoms with Gasteiger partial charge in [-0.15, -0.1) is 0 Å². The van der Waals surface area contributed by atoms with Gasteiger partial charge >= 0.3 is 11.9 Å². The average Bonchev–Trinajstić information content (AvgIpc) is 2.96. The molecule has 1 fully saturated rings. The summed E-state index contributed by atoms with van der Waals surface area (Å²) in [4.78, 5) is 24.2. The third-order valence-corrected chi connectivity index (χ3v) is 8.15. The summed E-state index contributed by atoms with van der Waals surface area (Å²) in [6.45, 7) is 6.63. The Hall–Kier alpha value is -2.30. The van der Waals surface area contributed by atoms with Crippen molar-refractivity contribution in [3.8, 4) is 5.75 Å². The largest absolute Gasteiger partial charge is 0.489 e. The Bertz CT molecular complexity index is 859. The van der Waals surface area contributed by atoms with Crippen molar-refractivity contribution in [2.45, 2.75) is 149 Å². The minimum atomic E-state index is -0.337. The lowest BCUT2D eigenvalue weighted by atomic mass is 9.82. The molecule has 0 N–H and O–H groups in total. The Morgan fingerprint density at radius 3 is 2.00 bits per heavy atom. The van der Waals surface area contributed by atoms with Gasteiger partial charge in [0.15, 0.2) is 0 Å². The van der Waals surface area contributed by atoms with Crippen LogP contribution in [0.25, 0.3) is 0 Å². The monoisotopic (exact) mass is 570 g/mol. The molecule has 1 aromatic rings. The first-order valence-corrected chi connectivity index (χ1v) is 16.8. The van der Waals surface area contributed by atoms with Crippen LogP contribution < -0.4 is 4.74 Å². The van der Waals surface area contributed by atoms with Gasteiger partial charge in [-0.05, 0) is 75.1 Å². The third kappa shape index (κ3) is 16.7. The van der Waals surface area contributed by atoms with Crippen LogP contribution in [0.15, 0.2) is 35.9 Å². The van der Waals surface area contributed by atoms with Crippen molar-refractivity contribution >= 4 is 11.9 Å². The zero-order valence-electron chi connectivity index (χ0n) is 26.4. The molecule has 0 aliphatic heterocycles. The highest BCUT2D eigenvalue weighted by Crippen LogP contribution is 2.31. The molecule has 1 aliphatic rings. The second kappa shape index (κ2) is 22.3. The number of ether oxygens (including phenoxy) is 3. The van der Waals surface area contributed by atoms with E-state index in [4.69, 9.17) is 14.2 Å². The second-order valence-corrected chi connectivity index (χ2v) is 11.9. The number of esters is 2. The van der Waals surface area contributed by atoms with Crippen molar-refractivity contribution in [1.82, 2.24) is 0 Å². The predicted octanol–water partition coefficient (Wildman–Crippen LogP) is 9.70. The molecule has 1 saturated carbocycles. The van der Waals surface area contributed by atoms with Crippen LogP contribution >= 0.6 is 0 Å². The van der Waals surface area contributed by atoms with Crippen molar-refractivity contribution in [3.05, 3.63) is 41.5 Å². The normalized spacial score (nSPS) is 17.3. The Labute approximate surface area is 250 Å². The molecule has 0 radical (unpaired) electrons. The molecule has 41 heavy (non-hydrogen) atoms. The maximum atomic E-state index is 12.6. The van der Waals surface area contributed by atoms with Crippen LogP contribution in [-0.4, -0.2) is 31.3 Å². The number of benzene rings is 1. The fourth-order valence-electron chi connectivity index (χ4n) is 5.73. The lowest BCUT2D eigenvalue weighted by Crippen LogP contribution is -2.31. The minimum Gasteiger partial charge on any atom is -0.489 e. The lowest BCUT2D eigenvalue weighted by Gasteiger charge is -2.31. The molecular formula is C36H58O5. The van der Waals surface area contributed by atoms with Crippen LogP contribution in [0.1, 0.15) is 142 Å². The molecule has 2 rings (SSSR count). The molecule has 0 saturated heterocycles. The van der Waals surface area contributed by atoms with E-state index in [1.165, 1.54) is 88.7 Å². The quantitative estimate of drug-likeness (QED) is 0.0789. The van der Waals surface area contributed by atoms with Crippen molar-refractivity contribution < 1.29 is 23.8 Å². The zero-order valence-corrected chi connectivity index (χ0v) is 26.4. The fourth-order valence-corrected chi connectivity index (χ4v) is 5.73. The van der Waals surface area contributed by atoms with Gasteiger partial charge in [0.25, 0.3) is 0 Å². The highest BCUT2D eigenvalue weighted by atomic mass is 16.5. The first kappa shape index (κ1) is 34.9. The molecule has 232 valence electrons. The molecule has 0 aromatic heterocycles. The molecule has 1 aromatic carbocycles. The number of hydrogen-bond acceptors (Lipinski definition) is 5. The average molecular weight is 571 g/mol. The van der Waals surface area contributed by atoms with E-state index in [1.807, 2.05) is 19.1 Å². The van der Waals surface area contributed by atoms with E-state index in [1.54, 1.807) is 6.92 Å². The van der Waals surface area contributed by atoms with Crippen molar-refractivity contribution in [2.75, 3.05) is 13.2 Å². The van der Waals surface area contributed by atoms with Crippen molar-refractivity contribution in [3.63, 3.8) is 0 Å². The van der Waals surface area contributed by atoms with Gasteiger partial charge in [-0.2, -0.15) is 0 Å². The zero-order chi connectivity index (χ0) is 29.5. The maximum Gasteiger partial charge on any atom is 0.330 e. The Kier molecular flexibility index (Phi) is 19.0. The maximum absolute atomic E-state index is 12.6. The molecule has 0 unspecified atom stereocenters. The number of unbranched alkanes of at least 4 members (excludes halogenated alkanes) is 12. The summed E-state index contributed by atoms with van der Waals surface area (Å²) < 4.78 is 16.8. The van der Waals surface area contributed by atoms with E-state index >= 15 is 0 Å². The molecule has 0 heterocycles. The van der Waals surface area contributed by atoms with E-state index in [9.17, 15) is 9.59 Å². The fraction of sp³-hybridized carbons (Fsp3) is 0.722. The SMILES string of the molecule is CCCCCCCCCCCCCCCC(=O)O[C@@H]1CCCC[C@H]1Cc1ccc(OC/C(C)=C/C(=O)OCC)cc1. The van der Waals surface area contributed by atoms with Gasteiger partial charge in [0.2, 0.25) is 0 Å². The van der Waals surface area contributed by atoms with E-state index in [0.717, 1.165) is 49.8 Å². The summed E-state index contributed by atoms with van der Waals surface area (Å²) in [7, 11) is 0. The standard InChI is InChI=1S/C36H58O5/c1-4-6-7-8-9-10-11-12-13-14-15-16-17-22-35(37)41-34-21-19-18-20-32(34)28-31-23-25-33(26-24-31)40-29-30(3)27-36(38)39-5-2/h23-27,32,34H,4-22,28-29H2,1-3H3/b30-27+/t32-,34+/m0/s1. The second-order valence-electron chi connectivity index (χ2n) is 11.9. The summed E-state index contributed by atoms with van der Waals surface area (Å²) in [5.74, 6) is 0.798. The molecular weight excluding hydrogens is 512 g/mol.